The second kappa shape index (κ2) is 10.0. The largest absolute Gasteiger partial charge is 0.372 e. The monoisotopic (exact) mass is 451 g/mol. The second-order valence-corrected chi connectivity index (χ2v) is 8.85. The van der Waals surface area contributed by atoms with Crippen molar-refractivity contribution in [2.45, 2.75) is 34.6 Å². The molecule has 32 heavy (non-hydrogen) atoms. The molecular formula is C25H29N3O3S. The van der Waals surface area contributed by atoms with Gasteiger partial charge in [0.25, 0.3) is 11.1 Å². The van der Waals surface area contributed by atoms with Crippen LogP contribution in [0.3, 0.4) is 0 Å². The zero-order valence-electron chi connectivity index (χ0n) is 19.2. The number of benzene rings is 2. The van der Waals surface area contributed by atoms with Crippen molar-refractivity contribution < 1.29 is 14.4 Å². The summed E-state index contributed by atoms with van der Waals surface area (Å²) in [6.45, 7) is 11.6. The van der Waals surface area contributed by atoms with Gasteiger partial charge in [0, 0.05) is 24.5 Å². The van der Waals surface area contributed by atoms with Crippen LogP contribution in [0.25, 0.3) is 6.08 Å². The summed E-state index contributed by atoms with van der Waals surface area (Å²) < 4.78 is 0. The molecule has 0 aromatic heterocycles. The van der Waals surface area contributed by atoms with Crippen LogP contribution in [0.1, 0.15) is 36.1 Å². The van der Waals surface area contributed by atoms with E-state index < -0.39 is 17.1 Å². The van der Waals surface area contributed by atoms with Gasteiger partial charge < -0.3 is 10.2 Å². The van der Waals surface area contributed by atoms with Gasteiger partial charge in [-0.25, -0.2) is 0 Å². The molecule has 0 aliphatic carbocycles. The van der Waals surface area contributed by atoms with Gasteiger partial charge in [0.1, 0.15) is 6.54 Å². The van der Waals surface area contributed by atoms with Gasteiger partial charge in [-0.05, 0) is 81.3 Å². The van der Waals surface area contributed by atoms with Crippen LogP contribution < -0.4 is 10.2 Å². The van der Waals surface area contributed by atoms with Gasteiger partial charge in [-0.3, -0.25) is 19.3 Å². The maximum absolute atomic E-state index is 12.8. The number of amides is 3. The van der Waals surface area contributed by atoms with E-state index in [1.54, 1.807) is 6.08 Å². The molecule has 1 heterocycles. The SMILES string of the molecule is CCN(CC)c1ccc(/C=C2/SC(=O)N(CC(=O)Nc3c(C)cc(C)cc3C)C2=O)cc1. The summed E-state index contributed by atoms with van der Waals surface area (Å²) in [5.41, 5.74) is 5.66. The fourth-order valence-corrected chi connectivity index (χ4v) is 4.70. The molecule has 1 N–H and O–H groups in total. The van der Waals surface area contributed by atoms with Gasteiger partial charge >= 0.3 is 0 Å². The fraction of sp³-hybridized carbons (Fsp3) is 0.320. The van der Waals surface area contributed by atoms with Crippen molar-refractivity contribution in [3.05, 3.63) is 63.6 Å². The zero-order chi connectivity index (χ0) is 23.4. The minimum Gasteiger partial charge on any atom is -0.372 e. The standard InChI is InChI=1S/C25H29N3O3S/c1-6-27(7-2)20-10-8-19(9-11-20)14-21-24(30)28(25(31)32-21)15-22(29)26-23-17(4)12-16(3)13-18(23)5/h8-14H,6-7,15H2,1-5H3,(H,26,29)/b21-14+. The summed E-state index contributed by atoms with van der Waals surface area (Å²) in [5.74, 6) is -0.840. The Balaban J connectivity index is 1.70. The van der Waals surface area contributed by atoms with Crippen LogP contribution in [0, 0.1) is 20.8 Å². The van der Waals surface area contributed by atoms with Gasteiger partial charge in [0.05, 0.1) is 4.91 Å². The lowest BCUT2D eigenvalue weighted by molar-refractivity contribution is -0.127. The maximum Gasteiger partial charge on any atom is 0.294 e. The molecule has 3 amide bonds. The highest BCUT2D eigenvalue weighted by Crippen LogP contribution is 2.32. The number of hydrogen-bond acceptors (Lipinski definition) is 5. The fourth-order valence-electron chi connectivity index (χ4n) is 3.86. The number of hydrogen-bond donors (Lipinski definition) is 1. The van der Waals surface area contributed by atoms with E-state index in [2.05, 4.69) is 24.1 Å². The number of carbonyl (C=O) groups is 3. The summed E-state index contributed by atoms with van der Waals surface area (Å²) in [4.78, 5) is 41.3. The number of rotatable bonds is 7. The topological polar surface area (TPSA) is 69.7 Å². The van der Waals surface area contributed by atoms with Crippen molar-refractivity contribution in [1.82, 2.24) is 4.90 Å². The zero-order valence-corrected chi connectivity index (χ0v) is 20.0. The third kappa shape index (κ3) is 5.22. The number of thioether (sulfide) groups is 1. The average Bonchev–Trinajstić information content (AvgIpc) is 3.00. The van der Waals surface area contributed by atoms with Crippen LogP contribution >= 0.6 is 11.8 Å². The van der Waals surface area contributed by atoms with E-state index in [1.165, 1.54) is 0 Å². The quantitative estimate of drug-likeness (QED) is 0.591. The molecule has 1 fully saturated rings. The van der Waals surface area contributed by atoms with Crippen LogP contribution in [0.4, 0.5) is 16.2 Å². The molecule has 2 aromatic rings. The van der Waals surface area contributed by atoms with E-state index in [-0.39, 0.29) is 6.54 Å². The molecule has 1 aliphatic heterocycles. The molecule has 2 aromatic carbocycles. The van der Waals surface area contributed by atoms with Crippen molar-refractivity contribution in [3.8, 4) is 0 Å². The van der Waals surface area contributed by atoms with E-state index in [4.69, 9.17) is 0 Å². The lowest BCUT2D eigenvalue weighted by atomic mass is 10.1. The molecule has 0 saturated carbocycles. The van der Waals surface area contributed by atoms with Crippen molar-refractivity contribution in [2.75, 3.05) is 29.9 Å². The Morgan fingerprint density at radius 1 is 1.03 bits per heavy atom. The molecule has 7 heteroatoms. The average molecular weight is 452 g/mol. The van der Waals surface area contributed by atoms with Crippen molar-refractivity contribution in [2.24, 2.45) is 0 Å². The summed E-state index contributed by atoms with van der Waals surface area (Å²) in [6, 6.07) is 11.8. The van der Waals surface area contributed by atoms with E-state index in [9.17, 15) is 14.4 Å². The van der Waals surface area contributed by atoms with Gasteiger partial charge in [0.2, 0.25) is 5.91 Å². The summed E-state index contributed by atoms with van der Waals surface area (Å²) in [6.07, 6.45) is 1.70. The Hall–Kier alpha value is -3.06. The second-order valence-electron chi connectivity index (χ2n) is 7.85. The minimum atomic E-state index is -0.444. The molecule has 0 radical (unpaired) electrons. The summed E-state index contributed by atoms with van der Waals surface area (Å²) >= 11 is 0.861. The molecule has 168 valence electrons. The molecule has 1 saturated heterocycles. The van der Waals surface area contributed by atoms with E-state index in [0.717, 1.165) is 63.4 Å². The van der Waals surface area contributed by atoms with E-state index in [1.807, 2.05) is 57.2 Å². The van der Waals surface area contributed by atoms with Gasteiger partial charge in [-0.15, -0.1) is 0 Å². The number of imide groups is 1. The molecular weight excluding hydrogens is 422 g/mol. The van der Waals surface area contributed by atoms with Gasteiger partial charge in [-0.1, -0.05) is 29.8 Å². The number of nitrogens with one attached hydrogen (secondary N) is 1. The predicted octanol–water partition coefficient (Wildman–Crippen LogP) is 5.13. The highest BCUT2D eigenvalue weighted by atomic mass is 32.2. The maximum atomic E-state index is 12.8. The van der Waals surface area contributed by atoms with Crippen LogP contribution in [0.5, 0.6) is 0 Å². The predicted molar refractivity (Wildman–Crippen MR) is 132 cm³/mol. The Labute approximate surface area is 193 Å². The lowest BCUT2D eigenvalue weighted by Gasteiger charge is -2.20. The van der Waals surface area contributed by atoms with Crippen LogP contribution in [0.2, 0.25) is 0 Å². The first-order valence-electron chi connectivity index (χ1n) is 10.7. The lowest BCUT2D eigenvalue weighted by Crippen LogP contribution is -2.36. The van der Waals surface area contributed by atoms with E-state index >= 15 is 0 Å². The molecule has 1 aliphatic rings. The highest BCUT2D eigenvalue weighted by Gasteiger charge is 2.36. The Kier molecular flexibility index (Phi) is 7.40. The first-order chi connectivity index (χ1) is 15.2. The Morgan fingerprint density at radius 3 is 2.19 bits per heavy atom. The summed E-state index contributed by atoms with van der Waals surface area (Å²) in [7, 11) is 0. The normalized spacial score (nSPS) is 14.9. The molecule has 6 nitrogen and oxygen atoms in total. The first-order valence-corrected chi connectivity index (χ1v) is 11.5. The third-order valence-corrected chi connectivity index (χ3v) is 6.34. The van der Waals surface area contributed by atoms with Crippen LogP contribution in [-0.2, 0) is 9.59 Å². The van der Waals surface area contributed by atoms with Crippen molar-refractivity contribution >= 4 is 46.3 Å². The molecule has 0 atom stereocenters. The molecule has 3 rings (SSSR count). The molecule has 0 unspecified atom stereocenters. The third-order valence-electron chi connectivity index (χ3n) is 5.44. The van der Waals surface area contributed by atoms with E-state index in [0.29, 0.717) is 4.91 Å². The summed E-state index contributed by atoms with van der Waals surface area (Å²) in [5, 5.41) is 2.41. The van der Waals surface area contributed by atoms with Crippen molar-refractivity contribution in [1.29, 1.82) is 0 Å². The minimum absolute atomic E-state index is 0.310. The number of anilines is 2. The van der Waals surface area contributed by atoms with Gasteiger partial charge in [-0.2, -0.15) is 0 Å². The highest BCUT2D eigenvalue weighted by molar-refractivity contribution is 8.18. The van der Waals surface area contributed by atoms with Gasteiger partial charge in [0.15, 0.2) is 0 Å². The van der Waals surface area contributed by atoms with Crippen LogP contribution in [-0.4, -0.2) is 41.6 Å². The molecule has 0 bridgehead atoms. The smallest absolute Gasteiger partial charge is 0.294 e. The molecule has 0 spiro atoms. The number of carbonyl (C=O) groups excluding carboxylic acids is 3. The number of aryl methyl sites for hydroxylation is 3. The van der Waals surface area contributed by atoms with Crippen LogP contribution in [0.15, 0.2) is 41.3 Å². The number of nitrogens with zero attached hydrogens (tertiary/aromatic N) is 2. The Bertz CT molecular complexity index is 1050. The Morgan fingerprint density at radius 2 is 1.62 bits per heavy atom. The first kappa shape index (κ1) is 23.6. The van der Waals surface area contributed by atoms with Crippen molar-refractivity contribution in [3.63, 3.8) is 0 Å².